The number of aliphatic carboxylic acids is 1. The molecule has 1 saturated carbocycles. The Morgan fingerprint density at radius 2 is 2.00 bits per heavy atom. The number of carbonyl (C=O) groups excluding carboxylic acids is 3. The number of thioether (sulfide) groups is 1. The van der Waals surface area contributed by atoms with E-state index in [1.807, 2.05) is 0 Å². The summed E-state index contributed by atoms with van der Waals surface area (Å²) in [6, 6.07) is 2.35. The second kappa shape index (κ2) is 11.1. The van der Waals surface area contributed by atoms with Gasteiger partial charge >= 0.3 is 5.97 Å². The Morgan fingerprint density at radius 3 is 2.62 bits per heavy atom. The minimum atomic E-state index is -1.23. The highest BCUT2D eigenvalue weighted by atomic mass is 32.2. The van der Waals surface area contributed by atoms with E-state index in [2.05, 4.69) is 19.8 Å². The lowest BCUT2D eigenvalue weighted by Crippen LogP contribution is -2.71. The van der Waals surface area contributed by atoms with Crippen LogP contribution in [0.4, 0.5) is 5.13 Å². The molecule has 2 atom stereocenters. The van der Waals surface area contributed by atoms with Crippen LogP contribution in [0.15, 0.2) is 41.0 Å². The maximum absolute atomic E-state index is 13.2. The number of rotatable bonds is 9. The zero-order valence-electron chi connectivity index (χ0n) is 20.9. The van der Waals surface area contributed by atoms with Crippen molar-refractivity contribution in [3.8, 4) is 0 Å². The smallest absolute Gasteiger partial charge is 0.352 e. The van der Waals surface area contributed by atoms with E-state index in [9.17, 15) is 24.3 Å². The number of Topliss-reactive ketones (excluding diaryl/α,β-unsaturated/α-hetero) is 1. The van der Waals surface area contributed by atoms with E-state index < -0.39 is 29.2 Å². The van der Waals surface area contributed by atoms with E-state index in [-0.39, 0.29) is 40.8 Å². The standard InChI is InChI=1S/C24H25N7O6S2/c1-12(32)13-6-8-30(9-7-13)10-14-11-38-22-17(21(34)31(22)18(14)23(35)36)26-20(33)16(19-27-24(25)39-29-19)28-37-15-4-2-3-5-15/h6-9,15,17,22H,2-5,10-11H2,1H3,(H3-,25,26,27,29,33,35,36)/p+1/t17?,22-/m0/s1. The minimum Gasteiger partial charge on any atom is -0.477 e. The molecule has 15 heteroatoms. The number of amides is 2. The Morgan fingerprint density at radius 1 is 1.28 bits per heavy atom. The summed E-state index contributed by atoms with van der Waals surface area (Å²) in [7, 11) is 0. The second-order valence-electron chi connectivity index (χ2n) is 9.34. The van der Waals surface area contributed by atoms with Gasteiger partial charge in [0.15, 0.2) is 29.9 Å². The zero-order valence-corrected chi connectivity index (χ0v) is 22.5. The van der Waals surface area contributed by atoms with Crippen molar-refractivity contribution in [2.45, 2.75) is 56.7 Å². The third-order valence-electron chi connectivity index (χ3n) is 6.67. The number of carbonyl (C=O) groups is 4. The number of carboxylic acid groups (broad SMARTS) is 1. The van der Waals surface area contributed by atoms with Crippen molar-refractivity contribution in [1.82, 2.24) is 19.6 Å². The third kappa shape index (κ3) is 5.49. The fourth-order valence-corrected chi connectivity index (χ4v) is 6.44. The van der Waals surface area contributed by atoms with Crippen LogP contribution < -0.4 is 15.6 Å². The molecule has 0 radical (unpaired) electrons. The van der Waals surface area contributed by atoms with E-state index >= 15 is 0 Å². The van der Waals surface area contributed by atoms with Gasteiger partial charge < -0.3 is 21.0 Å². The quantitative estimate of drug-likeness (QED) is 0.127. The maximum atomic E-state index is 13.2. The number of hydrogen-bond acceptors (Lipinski definition) is 11. The highest BCUT2D eigenvalue weighted by Gasteiger charge is 2.55. The minimum absolute atomic E-state index is 0.00542. The van der Waals surface area contributed by atoms with E-state index in [1.54, 1.807) is 29.1 Å². The number of β-lactam (4-membered cyclic amide) rings is 1. The first kappa shape index (κ1) is 26.7. The molecule has 2 aliphatic heterocycles. The summed E-state index contributed by atoms with van der Waals surface area (Å²) < 4.78 is 5.81. The number of carboxylic acids is 1. The molecule has 4 heterocycles. The Kier molecular flexibility index (Phi) is 7.61. The summed E-state index contributed by atoms with van der Waals surface area (Å²) in [4.78, 5) is 60.9. The number of aromatic nitrogens is 3. The van der Waals surface area contributed by atoms with Crippen LogP contribution in [-0.2, 0) is 25.8 Å². The van der Waals surface area contributed by atoms with Crippen LogP contribution in [-0.4, -0.2) is 71.9 Å². The van der Waals surface area contributed by atoms with Crippen molar-refractivity contribution in [3.63, 3.8) is 0 Å². The SMILES string of the molecule is CC(=O)c1cc[n+](CC2=C(C(=O)O)N3C(=O)C(NC(=O)C(=NOC4CCCC4)c4nsc(N)n4)[C@@H]3SC2)cc1. The first-order chi connectivity index (χ1) is 18.7. The van der Waals surface area contributed by atoms with Gasteiger partial charge in [0.25, 0.3) is 11.8 Å². The fourth-order valence-electron chi connectivity index (χ4n) is 4.67. The number of nitrogens with two attached hydrogens (primary N) is 1. The van der Waals surface area contributed by atoms with Crippen molar-refractivity contribution in [2.24, 2.45) is 5.16 Å². The summed E-state index contributed by atoms with van der Waals surface area (Å²) in [5.74, 6) is -2.24. The molecule has 3 aliphatic rings. The first-order valence-corrected chi connectivity index (χ1v) is 14.1. The Balaban J connectivity index is 1.32. The highest BCUT2D eigenvalue weighted by Crippen LogP contribution is 2.40. The number of fused-ring (bicyclic) bond motifs is 1. The van der Waals surface area contributed by atoms with Crippen LogP contribution in [0.1, 0.15) is 48.8 Å². The average molecular weight is 573 g/mol. The van der Waals surface area contributed by atoms with E-state index in [4.69, 9.17) is 10.6 Å². The monoisotopic (exact) mass is 572 g/mol. The van der Waals surface area contributed by atoms with Gasteiger partial charge in [0.2, 0.25) is 11.5 Å². The van der Waals surface area contributed by atoms with Crippen molar-refractivity contribution in [3.05, 3.63) is 47.2 Å². The molecule has 2 aromatic heterocycles. The van der Waals surface area contributed by atoms with Crippen LogP contribution in [0.3, 0.4) is 0 Å². The molecular formula is C24H26N7O6S2+. The van der Waals surface area contributed by atoms with Gasteiger partial charge in [-0.05, 0) is 32.6 Å². The number of hydrogen-bond donors (Lipinski definition) is 3. The van der Waals surface area contributed by atoms with Crippen molar-refractivity contribution >= 4 is 57.7 Å². The van der Waals surface area contributed by atoms with Crippen molar-refractivity contribution in [1.29, 1.82) is 0 Å². The summed E-state index contributed by atoms with van der Waals surface area (Å²) in [5.41, 5.74) is 6.47. The predicted molar refractivity (Wildman–Crippen MR) is 141 cm³/mol. The zero-order chi connectivity index (χ0) is 27.7. The molecule has 4 N–H and O–H groups in total. The molecule has 1 aliphatic carbocycles. The molecule has 0 bridgehead atoms. The number of anilines is 1. The lowest BCUT2D eigenvalue weighted by atomic mass is 10.0. The van der Waals surface area contributed by atoms with Crippen molar-refractivity contribution in [2.75, 3.05) is 11.5 Å². The van der Waals surface area contributed by atoms with Crippen LogP contribution in [0.25, 0.3) is 0 Å². The van der Waals surface area contributed by atoms with Crippen molar-refractivity contribution < 1.29 is 33.7 Å². The normalized spacial score (nSPS) is 21.4. The summed E-state index contributed by atoms with van der Waals surface area (Å²) >= 11 is 2.25. The summed E-state index contributed by atoms with van der Waals surface area (Å²) in [5, 5.41) is 16.2. The van der Waals surface area contributed by atoms with Gasteiger partial charge in [0.1, 0.15) is 23.2 Å². The summed E-state index contributed by atoms with van der Waals surface area (Å²) in [6.07, 6.45) is 6.94. The number of nitrogens with zero attached hydrogens (tertiary/aromatic N) is 5. The van der Waals surface area contributed by atoms with Crippen LogP contribution in [0.2, 0.25) is 0 Å². The van der Waals surface area contributed by atoms with Crippen LogP contribution in [0, 0.1) is 0 Å². The fraction of sp³-hybridized carbons (Fsp3) is 0.417. The number of pyridine rings is 1. The molecule has 13 nitrogen and oxygen atoms in total. The molecule has 1 saturated heterocycles. The molecule has 204 valence electrons. The molecule has 2 amide bonds. The molecule has 2 fully saturated rings. The van der Waals surface area contributed by atoms with Gasteiger partial charge in [-0.1, -0.05) is 5.16 Å². The molecule has 0 spiro atoms. The average Bonchev–Trinajstić information content (AvgIpc) is 3.59. The van der Waals surface area contributed by atoms with Crippen LogP contribution >= 0.6 is 23.3 Å². The van der Waals surface area contributed by atoms with Gasteiger partial charge in [0, 0.05) is 40.6 Å². The Bertz CT molecular complexity index is 1380. The predicted octanol–water partition coefficient (Wildman–Crippen LogP) is 0.713. The molecule has 39 heavy (non-hydrogen) atoms. The number of oxime groups is 1. The molecular weight excluding hydrogens is 546 g/mol. The van der Waals surface area contributed by atoms with Crippen LogP contribution in [0.5, 0.6) is 0 Å². The summed E-state index contributed by atoms with van der Waals surface area (Å²) in [6.45, 7) is 1.69. The lowest BCUT2D eigenvalue weighted by Gasteiger charge is -2.49. The molecule has 0 aromatic carbocycles. The van der Waals surface area contributed by atoms with Gasteiger partial charge in [-0.3, -0.25) is 19.3 Å². The molecule has 5 rings (SSSR count). The number of nitrogen functional groups attached to an aromatic ring is 1. The highest BCUT2D eigenvalue weighted by molar-refractivity contribution is 8.00. The van der Waals surface area contributed by atoms with Gasteiger partial charge in [-0.2, -0.15) is 9.36 Å². The van der Waals surface area contributed by atoms with Gasteiger partial charge in [0.05, 0.1) is 0 Å². The largest absolute Gasteiger partial charge is 0.477 e. The number of nitrogens with one attached hydrogen (secondary N) is 1. The first-order valence-electron chi connectivity index (χ1n) is 12.3. The molecule has 2 aromatic rings. The van der Waals surface area contributed by atoms with Gasteiger partial charge in [-0.25, -0.2) is 9.36 Å². The Hall–Kier alpha value is -3.85. The third-order valence-corrected chi connectivity index (χ3v) is 8.55. The Labute approximate surface area is 231 Å². The topological polar surface area (TPSA) is 181 Å². The second-order valence-corrected chi connectivity index (χ2v) is 11.2. The van der Waals surface area contributed by atoms with E-state index in [0.29, 0.717) is 16.9 Å². The number of ketones is 1. The van der Waals surface area contributed by atoms with Gasteiger partial charge in [-0.15, -0.1) is 11.8 Å². The maximum Gasteiger partial charge on any atom is 0.352 e. The van der Waals surface area contributed by atoms with E-state index in [1.165, 1.54) is 23.6 Å². The molecule has 1 unspecified atom stereocenters. The van der Waals surface area contributed by atoms with E-state index in [0.717, 1.165) is 37.2 Å². The lowest BCUT2D eigenvalue weighted by molar-refractivity contribution is -0.689.